The van der Waals surface area contributed by atoms with E-state index < -0.39 is 51.7 Å². The summed E-state index contributed by atoms with van der Waals surface area (Å²) in [4.78, 5) is 136. The lowest BCUT2D eigenvalue weighted by Crippen LogP contribution is -2.29. The molecule has 6 heterocycles. The van der Waals surface area contributed by atoms with Crippen LogP contribution in [-0.4, -0.2) is 104 Å². The predicted molar refractivity (Wildman–Crippen MR) is 344 cm³/mol. The molecule has 2 aliphatic carbocycles. The molecule has 478 valence electrons. The number of nitrogens with zero attached hydrogens (tertiary/aromatic N) is 9. The molecule has 0 amide bonds. The number of fused-ring (bicyclic) bond motifs is 6. The third kappa shape index (κ3) is 18.4. The van der Waals surface area contributed by atoms with Crippen molar-refractivity contribution >= 4 is 78.5 Å². The molecule has 0 spiro atoms. The minimum absolute atomic E-state index is 0.106. The fourth-order valence-electron chi connectivity index (χ4n) is 10.2. The van der Waals surface area contributed by atoms with E-state index in [1.54, 1.807) is 16.7 Å². The van der Waals surface area contributed by atoms with Gasteiger partial charge in [0.25, 0.3) is 16.7 Å². The van der Waals surface area contributed by atoms with Gasteiger partial charge < -0.3 is 40.1 Å². The summed E-state index contributed by atoms with van der Waals surface area (Å²) in [7, 11) is 0. The molecule has 0 unspecified atom stereocenters. The average Bonchev–Trinajstić information content (AvgIpc) is 1.01. The van der Waals surface area contributed by atoms with E-state index in [1.807, 2.05) is 48.1 Å². The highest BCUT2D eigenvalue weighted by Gasteiger charge is 2.24. The summed E-state index contributed by atoms with van der Waals surface area (Å²) in [5, 5.41) is 31.0. The van der Waals surface area contributed by atoms with Crippen molar-refractivity contribution in [2.24, 2.45) is 5.73 Å². The van der Waals surface area contributed by atoms with Gasteiger partial charge in [0.15, 0.2) is 34.6 Å². The number of rotatable bonds is 25. The Morgan fingerprint density at radius 2 is 0.844 bits per heavy atom. The summed E-state index contributed by atoms with van der Waals surface area (Å²) in [5.74, 6) is -1.58. The van der Waals surface area contributed by atoms with Gasteiger partial charge in [0.1, 0.15) is 0 Å². The zero-order valence-corrected chi connectivity index (χ0v) is 52.8. The summed E-state index contributed by atoms with van der Waals surface area (Å²) >= 11 is 9.74. The lowest BCUT2D eigenvalue weighted by atomic mass is 10.1. The first-order valence-electron chi connectivity index (χ1n) is 30.3. The van der Waals surface area contributed by atoms with Gasteiger partial charge in [-0.15, -0.1) is 0 Å². The lowest BCUT2D eigenvalue weighted by Gasteiger charge is -2.18. The molecule has 11 rings (SSSR count). The van der Waals surface area contributed by atoms with Crippen LogP contribution < -0.4 is 44.8 Å². The molecule has 0 aromatic heterocycles. The Labute approximate surface area is 528 Å². The van der Waals surface area contributed by atoms with E-state index in [0.717, 1.165) is 103 Å². The molecule has 0 bridgehead atoms. The fourth-order valence-corrected chi connectivity index (χ4v) is 11.0. The van der Waals surface area contributed by atoms with Crippen LogP contribution in [0.4, 0.5) is 0 Å². The third-order valence-electron chi connectivity index (χ3n) is 15.5. The van der Waals surface area contributed by atoms with E-state index in [9.17, 15) is 43.2 Å². The number of aromatic nitrogens is 12. The maximum absolute atomic E-state index is 12.4. The van der Waals surface area contributed by atoms with Crippen molar-refractivity contribution < 1.29 is 29.7 Å². The van der Waals surface area contributed by atoms with Gasteiger partial charge in [0.05, 0.1) is 33.1 Å². The van der Waals surface area contributed by atoms with E-state index in [1.165, 1.54) is 25.7 Å². The number of benzene rings is 3. The number of alkyl halides is 1. The van der Waals surface area contributed by atoms with Crippen molar-refractivity contribution in [3.63, 3.8) is 0 Å². The fraction of sp³-hybridized carbons (Fsp3) is 0.468. The molecular formula is C62H74BrClN14O12. The molecule has 8 aliphatic rings. The van der Waals surface area contributed by atoms with Gasteiger partial charge in [0.2, 0.25) is 0 Å². The van der Waals surface area contributed by atoms with Crippen molar-refractivity contribution in [1.29, 1.82) is 0 Å². The van der Waals surface area contributed by atoms with E-state index >= 15 is 0 Å². The van der Waals surface area contributed by atoms with E-state index in [2.05, 4.69) is 72.2 Å². The number of halogens is 2. The molecule has 0 radical (unpaired) electrons. The molecule has 0 atom stereocenters. The molecule has 3 aromatic carbocycles. The number of hydrogen-bond acceptors (Lipinski definition) is 17. The van der Waals surface area contributed by atoms with Crippen LogP contribution in [0.25, 0.3) is 67.7 Å². The smallest absolute Gasteiger partial charge is 0.349 e. The number of carboxylic acids is 3. The van der Waals surface area contributed by atoms with Gasteiger partial charge in [-0.05, 0) is 149 Å². The Morgan fingerprint density at radius 1 is 0.511 bits per heavy atom. The standard InChI is InChI=1S/C22H27N5O4.C19H21BrN4O4.C18H19ClN4O4.C3H7N/c1-13-10-16-17(11-14(13)12-23-15-7-8-15)27(9-5-3-2-4-6-18(28)29)20-19(24-16)21(30)26-22(31)25-20;1-11-8-13-14(9-12(11)10-20)24(7-5-3-2-4-6-15(25)26)17-16(21-13)18(27)23-19(28)22-17;1-10-8-12-13(9-11(10)19)23(7-5-3-2-4-6-14(24)25)16-15(20-12)17(26)22-18(27)21-16;4-3-1-2-3/h10-11,15,23H,2-9,12H2,1H3,(H,28,29)(H,26,30,31);8-9H,2-7,10H2,1H3,(H,25,26)(H,23,27,28);8-9H,2-7H2,1H3,(H,24,25)(H,22,26,27);3H,1-2,4H2. The summed E-state index contributed by atoms with van der Waals surface area (Å²) in [5.41, 5.74) is 11.4. The summed E-state index contributed by atoms with van der Waals surface area (Å²) in [6.45, 7) is 8.26. The van der Waals surface area contributed by atoms with Crippen LogP contribution in [0.1, 0.15) is 150 Å². The first-order valence-corrected chi connectivity index (χ1v) is 31.8. The number of carboxylic acid groups (broad SMARTS) is 3. The van der Waals surface area contributed by atoms with Crippen molar-refractivity contribution in [3.05, 3.63) is 132 Å². The second-order valence-electron chi connectivity index (χ2n) is 22.8. The molecule has 0 saturated heterocycles. The first kappa shape index (κ1) is 67.5. The van der Waals surface area contributed by atoms with Crippen LogP contribution in [0.15, 0.2) is 65.2 Å². The highest BCUT2D eigenvalue weighted by atomic mass is 79.9. The van der Waals surface area contributed by atoms with Crippen LogP contribution in [-0.2, 0) is 45.9 Å². The number of hydrogen-bond donors (Lipinski definition) is 8. The average molecular weight is 1320 g/mol. The summed E-state index contributed by atoms with van der Waals surface area (Å²) in [6.07, 6.45) is 14.5. The maximum Gasteiger partial charge on any atom is 0.349 e. The molecule has 90 heavy (non-hydrogen) atoms. The SMILES string of the molecule is Cc1cc2nc3c(=O)[nH]c(=O)nc-3n(CCCCCCC(=O)O)c2cc1CBr.Cc1cc2nc3c(=O)[nH]c(=O)nc-3n(CCCCCCC(=O)O)c2cc1CNC1CC1.Cc1cc2nc3c(=O)[nH]c(=O)nc-3n(CCCCCCC(=O)O)c2cc1Cl.NC1CC1. The second-order valence-corrected chi connectivity index (χ2v) is 23.8. The number of carbonyl (C=O) groups is 3. The maximum atomic E-state index is 12.4. The highest BCUT2D eigenvalue weighted by molar-refractivity contribution is 9.08. The molecule has 2 fully saturated rings. The zero-order valence-electron chi connectivity index (χ0n) is 50.5. The van der Waals surface area contributed by atoms with Crippen LogP contribution in [0.3, 0.4) is 0 Å². The highest BCUT2D eigenvalue weighted by Crippen LogP contribution is 2.30. The van der Waals surface area contributed by atoms with Crippen molar-refractivity contribution in [2.45, 2.75) is 186 Å². The quantitative estimate of drug-likeness (QED) is 0.0154. The molecule has 9 N–H and O–H groups in total. The molecule has 3 aromatic rings. The Bertz CT molecular complexity index is 4340. The first-order chi connectivity index (χ1) is 43.1. The lowest BCUT2D eigenvalue weighted by molar-refractivity contribution is -0.138. The molecule has 6 aliphatic heterocycles. The van der Waals surface area contributed by atoms with Crippen LogP contribution in [0.5, 0.6) is 0 Å². The predicted octanol–water partition coefficient (Wildman–Crippen LogP) is 7.69. The van der Waals surface area contributed by atoms with E-state index in [4.69, 9.17) is 32.7 Å². The van der Waals surface area contributed by atoms with Gasteiger partial charge in [-0.1, -0.05) is 66.1 Å². The van der Waals surface area contributed by atoms with Gasteiger partial charge in [-0.2, -0.15) is 15.0 Å². The Morgan fingerprint density at radius 3 is 1.19 bits per heavy atom. The normalized spacial score (nSPS) is 12.9. The molecular weight excluding hydrogens is 1250 g/mol. The molecule has 26 nitrogen and oxygen atoms in total. The van der Waals surface area contributed by atoms with Crippen LogP contribution in [0, 0.1) is 20.8 Å². The van der Waals surface area contributed by atoms with Gasteiger partial charge >= 0.3 is 35.0 Å². The third-order valence-corrected chi connectivity index (χ3v) is 16.5. The number of nitrogens with two attached hydrogens (primary N) is 1. The summed E-state index contributed by atoms with van der Waals surface area (Å²) < 4.78 is 5.57. The van der Waals surface area contributed by atoms with Crippen molar-refractivity contribution in [3.8, 4) is 34.6 Å². The van der Waals surface area contributed by atoms with Gasteiger partial charge in [-0.25, -0.2) is 29.3 Å². The summed E-state index contributed by atoms with van der Waals surface area (Å²) in [6, 6.07) is 12.7. The Kier molecular flexibility index (Phi) is 23.5. The topological polar surface area (TPSA) is 392 Å². The van der Waals surface area contributed by atoms with Gasteiger partial charge in [0, 0.05) is 67.9 Å². The Hall–Kier alpha value is -8.40. The monoisotopic (exact) mass is 1320 g/mol. The zero-order chi connectivity index (χ0) is 64.8. The molecule has 2 saturated carbocycles. The largest absolute Gasteiger partial charge is 0.481 e. The number of unbranched alkanes of at least 4 members (excludes halogenated alkanes) is 9. The second kappa shape index (κ2) is 31.4. The Balaban J connectivity index is 0.000000169. The van der Waals surface area contributed by atoms with Crippen molar-refractivity contribution in [2.75, 3.05) is 0 Å². The minimum Gasteiger partial charge on any atom is -0.481 e. The van der Waals surface area contributed by atoms with Crippen LogP contribution in [0.2, 0.25) is 5.02 Å². The van der Waals surface area contributed by atoms with Crippen LogP contribution >= 0.6 is 27.5 Å². The number of aliphatic carboxylic acids is 3. The minimum atomic E-state index is -0.799. The molecule has 28 heteroatoms. The van der Waals surface area contributed by atoms with E-state index in [-0.39, 0.29) is 53.8 Å². The number of aryl methyl sites for hydroxylation is 6. The number of nitrogens with one attached hydrogen (secondary N) is 4. The van der Waals surface area contributed by atoms with E-state index in [0.29, 0.717) is 83.4 Å². The van der Waals surface area contributed by atoms with Gasteiger partial charge in [-0.3, -0.25) is 43.7 Å². The number of aromatic amines is 3. The number of H-pyrrole nitrogens is 3. The van der Waals surface area contributed by atoms with Crippen molar-refractivity contribution in [1.82, 2.24) is 63.9 Å².